The number of aromatic nitrogens is 1. The first-order chi connectivity index (χ1) is 12.0. The predicted octanol–water partition coefficient (Wildman–Crippen LogP) is 4.36. The van der Waals surface area contributed by atoms with Crippen LogP contribution in [0.2, 0.25) is 5.02 Å². The quantitative estimate of drug-likeness (QED) is 0.680. The van der Waals surface area contributed by atoms with Crippen LogP contribution < -0.4 is 9.54 Å². The number of carbonyl (C=O) groups excluding carboxylic acids is 1. The van der Waals surface area contributed by atoms with Gasteiger partial charge >= 0.3 is 0 Å². The number of fused-ring (bicyclic) bond motifs is 1. The molecule has 0 unspecified atom stereocenters. The summed E-state index contributed by atoms with van der Waals surface area (Å²) in [5.41, 5.74) is 3.04. The second-order valence-corrected chi connectivity index (χ2v) is 7.11. The molecule has 1 aromatic heterocycles. The summed E-state index contributed by atoms with van der Waals surface area (Å²) >= 11 is 7.40. The third-order valence-electron chi connectivity index (χ3n) is 4.01. The lowest BCUT2D eigenvalue weighted by Gasteiger charge is -2.07. The Hall–Kier alpha value is -2.11. The summed E-state index contributed by atoms with van der Waals surface area (Å²) in [6.45, 7) is 4.81. The molecule has 0 spiro atoms. The van der Waals surface area contributed by atoms with Gasteiger partial charge < -0.3 is 9.30 Å². The van der Waals surface area contributed by atoms with Crippen molar-refractivity contribution in [1.29, 1.82) is 0 Å². The number of thiazole rings is 1. The maximum absolute atomic E-state index is 12.4. The fourth-order valence-corrected chi connectivity index (χ4v) is 4.07. The van der Waals surface area contributed by atoms with Crippen molar-refractivity contribution in [3.05, 3.63) is 57.3 Å². The van der Waals surface area contributed by atoms with E-state index in [1.165, 1.54) is 11.3 Å². The minimum atomic E-state index is -0.173. The smallest absolute Gasteiger partial charge is 0.252 e. The molecule has 0 aliphatic heterocycles. The fraction of sp³-hybridized carbons (Fsp3) is 0.263. The Morgan fingerprint density at radius 2 is 1.96 bits per heavy atom. The molecule has 0 saturated heterocycles. The molecule has 3 aromatic rings. The highest BCUT2D eigenvalue weighted by molar-refractivity contribution is 7.16. The number of ether oxygens (including phenoxy) is 1. The van der Waals surface area contributed by atoms with Crippen molar-refractivity contribution < 1.29 is 9.53 Å². The molecule has 3 rings (SSSR count). The number of hydrogen-bond donors (Lipinski definition) is 0. The summed E-state index contributed by atoms with van der Waals surface area (Å²) in [4.78, 5) is 17.5. The Labute approximate surface area is 155 Å². The molecule has 0 aliphatic carbocycles. The average molecular weight is 375 g/mol. The maximum atomic E-state index is 12.4. The Morgan fingerprint density at radius 3 is 2.60 bits per heavy atom. The van der Waals surface area contributed by atoms with Crippen LogP contribution in [0.1, 0.15) is 18.1 Å². The van der Waals surface area contributed by atoms with Crippen LogP contribution >= 0.6 is 22.9 Å². The van der Waals surface area contributed by atoms with E-state index in [0.717, 1.165) is 27.1 Å². The SMILES string of the molecule is CCn1c(=NC(=O)Cc2ccc(Cl)cc2)sc2c(C)ccc(OC)c21. The molecule has 1 heterocycles. The first-order valence-corrected chi connectivity index (χ1v) is 9.22. The molecule has 0 atom stereocenters. The number of methoxy groups -OCH3 is 1. The van der Waals surface area contributed by atoms with Gasteiger partial charge in [0, 0.05) is 11.6 Å². The van der Waals surface area contributed by atoms with E-state index in [2.05, 4.69) is 11.9 Å². The lowest BCUT2D eigenvalue weighted by molar-refractivity contribution is -0.117. The lowest BCUT2D eigenvalue weighted by atomic mass is 10.1. The molecule has 0 bridgehead atoms. The Kier molecular flexibility index (Phi) is 5.25. The van der Waals surface area contributed by atoms with E-state index in [1.807, 2.05) is 35.8 Å². The first kappa shape index (κ1) is 17.7. The highest BCUT2D eigenvalue weighted by Crippen LogP contribution is 2.30. The van der Waals surface area contributed by atoms with Crippen molar-refractivity contribution in [2.75, 3.05) is 7.11 Å². The molecule has 0 radical (unpaired) electrons. The molecule has 0 saturated carbocycles. The minimum Gasteiger partial charge on any atom is -0.495 e. The topological polar surface area (TPSA) is 43.6 Å². The second-order valence-electron chi connectivity index (χ2n) is 5.70. The second kappa shape index (κ2) is 7.42. The van der Waals surface area contributed by atoms with Gasteiger partial charge in [-0.2, -0.15) is 4.99 Å². The number of carbonyl (C=O) groups is 1. The van der Waals surface area contributed by atoms with Gasteiger partial charge in [-0.1, -0.05) is 41.1 Å². The van der Waals surface area contributed by atoms with Gasteiger partial charge in [-0.3, -0.25) is 4.79 Å². The van der Waals surface area contributed by atoms with E-state index in [1.54, 1.807) is 19.2 Å². The van der Waals surface area contributed by atoms with Gasteiger partial charge in [0.25, 0.3) is 5.91 Å². The normalized spacial score (nSPS) is 11.9. The third kappa shape index (κ3) is 3.62. The molecule has 130 valence electrons. The van der Waals surface area contributed by atoms with Crippen LogP contribution in [0.3, 0.4) is 0 Å². The summed E-state index contributed by atoms with van der Waals surface area (Å²) in [7, 11) is 1.66. The maximum Gasteiger partial charge on any atom is 0.252 e. The van der Waals surface area contributed by atoms with Crippen LogP contribution in [-0.2, 0) is 17.8 Å². The van der Waals surface area contributed by atoms with Crippen molar-refractivity contribution in [3.8, 4) is 5.75 Å². The molecule has 1 amide bonds. The van der Waals surface area contributed by atoms with Crippen molar-refractivity contribution >= 4 is 39.1 Å². The number of hydrogen-bond acceptors (Lipinski definition) is 3. The highest BCUT2D eigenvalue weighted by atomic mass is 35.5. The van der Waals surface area contributed by atoms with Crippen LogP contribution in [0.5, 0.6) is 5.75 Å². The van der Waals surface area contributed by atoms with E-state index in [0.29, 0.717) is 16.4 Å². The first-order valence-electron chi connectivity index (χ1n) is 8.02. The van der Waals surface area contributed by atoms with E-state index >= 15 is 0 Å². The Bertz CT molecular complexity index is 987. The molecule has 4 nitrogen and oxygen atoms in total. The number of amides is 1. The highest BCUT2D eigenvalue weighted by Gasteiger charge is 2.13. The molecule has 0 aliphatic rings. The van der Waals surface area contributed by atoms with Gasteiger partial charge in [0.1, 0.15) is 11.3 Å². The summed E-state index contributed by atoms with van der Waals surface area (Å²) < 4.78 is 8.63. The van der Waals surface area contributed by atoms with Gasteiger partial charge in [0.15, 0.2) is 4.80 Å². The molecular weight excluding hydrogens is 356 g/mol. The number of nitrogens with zero attached hydrogens (tertiary/aromatic N) is 2. The Balaban J connectivity index is 2.05. The van der Waals surface area contributed by atoms with Crippen molar-refractivity contribution in [2.24, 2.45) is 4.99 Å². The summed E-state index contributed by atoms with van der Waals surface area (Å²) in [5, 5.41) is 0.657. The van der Waals surface area contributed by atoms with Gasteiger partial charge in [0.05, 0.1) is 18.2 Å². The monoisotopic (exact) mass is 374 g/mol. The molecule has 6 heteroatoms. The summed E-state index contributed by atoms with van der Waals surface area (Å²) in [6, 6.07) is 11.2. The zero-order valence-corrected chi connectivity index (χ0v) is 15.9. The molecule has 2 aromatic carbocycles. The molecule has 25 heavy (non-hydrogen) atoms. The number of benzene rings is 2. The lowest BCUT2D eigenvalue weighted by Crippen LogP contribution is -2.16. The van der Waals surface area contributed by atoms with Crippen LogP contribution in [0.15, 0.2) is 41.4 Å². The van der Waals surface area contributed by atoms with Gasteiger partial charge in [0.2, 0.25) is 0 Å². The summed E-state index contributed by atoms with van der Waals surface area (Å²) in [6.07, 6.45) is 0.255. The number of halogens is 1. The average Bonchev–Trinajstić information content (AvgIpc) is 2.96. The van der Waals surface area contributed by atoms with Gasteiger partial charge in [-0.15, -0.1) is 0 Å². The van der Waals surface area contributed by atoms with Gasteiger partial charge in [-0.25, -0.2) is 0 Å². The largest absolute Gasteiger partial charge is 0.495 e. The van der Waals surface area contributed by atoms with E-state index in [-0.39, 0.29) is 12.3 Å². The Morgan fingerprint density at radius 1 is 1.24 bits per heavy atom. The predicted molar refractivity (Wildman–Crippen MR) is 103 cm³/mol. The number of aryl methyl sites for hydroxylation is 2. The molecular formula is C19H19ClN2O2S. The zero-order chi connectivity index (χ0) is 18.0. The third-order valence-corrected chi connectivity index (χ3v) is 5.48. The molecule has 0 N–H and O–H groups in total. The van der Waals surface area contributed by atoms with Crippen LogP contribution in [-0.4, -0.2) is 17.6 Å². The van der Waals surface area contributed by atoms with Crippen molar-refractivity contribution in [3.63, 3.8) is 0 Å². The van der Waals surface area contributed by atoms with Crippen LogP contribution in [0.4, 0.5) is 0 Å². The van der Waals surface area contributed by atoms with Crippen molar-refractivity contribution in [1.82, 2.24) is 4.57 Å². The van der Waals surface area contributed by atoms with E-state index in [9.17, 15) is 4.79 Å². The van der Waals surface area contributed by atoms with Gasteiger partial charge in [-0.05, 0) is 43.2 Å². The fourth-order valence-electron chi connectivity index (χ4n) is 2.74. The summed E-state index contributed by atoms with van der Waals surface area (Å²) in [5.74, 6) is 0.623. The standard InChI is InChI=1S/C19H19ClN2O2S/c1-4-22-17-15(24-3)10-5-12(2)18(17)25-19(22)21-16(23)11-13-6-8-14(20)9-7-13/h5-10H,4,11H2,1-3H3. The minimum absolute atomic E-state index is 0.173. The molecule has 0 fully saturated rings. The van der Waals surface area contributed by atoms with Crippen molar-refractivity contribution in [2.45, 2.75) is 26.8 Å². The van der Waals surface area contributed by atoms with E-state index < -0.39 is 0 Å². The zero-order valence-electron chi connectivity index (χ0n) is 14.4. The van der Waals surface area contributed by atoms with Crippen LogP contribution in [0.25, 0.3) is 10.2 Å². The van der Waals surface area contributed by atoms with Crippen LogP contribution in [0, 0.1) is 6.92 Å². The van der Waals surface area contributed by atoms with E-state index in [4.69, 9.17) is 16.3 Å². The number of rotatable bonds is 4.